The third kappa shape index (κ3) is 3.20. The summed E-state index contributed by atoms with van der Waals surface area (Å²) in [7, 11) is 0. The summed E-state index contributed by atoms with van der Waals surface area (Å²) >= 11 is 0. The lowest BCUT2D eigenvalue weighted by Gasteiger charge is -2.30. The maximum atomic E-state index is 3.62. The van der Waals surface area contributed by atoms with Gasteiger partial charge in [0, 0.05) is 11.4 Å². The first-order valence-electron chi connectivity index (χ1n) is 7.40. The molecule has 0 saturated carbocycles. The molecule has 0 aliphatic heterocycles. The zero-order valence-corrected chi connectivity index (χ0v) is 13.1. The van der Waals surface area contributed by atoms with Crippen LogP contribution >= 0.6 is 0 Å². The molecule has 0 saturated heterocycles. The Morgan fingerprint density at radius 3 is 2.79 bits per heavy atom. The van der Waals surface area contributed by atoms with E-state index in [-0.39, 0.29) is 0 Å². The molecule has 0 spiro atoms. The van der Waals surface area contributed by atoms with E-state index in [4.69, 9.17) is 0 Å². The average molecular weight is 257 g/mol. The van der Waals surface area contributed by atoms with Crippen molar-refractivity contribution in [3.05, 3.63) is 46.3 Å². The van der Waals surface area contributed by atoms with E-state index in [2.05, 4.69) is 57.8 Å². The van der Waals surface area contributed by atoms with Crippen LogP contribution in [-0.4, -0.2) is 4.98 Å². The van der Waals surface area contributed by atoms with Crippen LogP contribution in [0.5, 0.6) is 0 Å². The minimum atomic E-state index is 0.456. The standard InChI is InChI=1S/C18H27N/c1-6-7-8-13(2)11-15-14(3)19-17-9-10-18(4,5)12-16(15)17/h6-8,19H,9-12H2,1-5H3/b7-6-,13-8+. The Kier molecular flexibility index (Phi) is 4.03. The van der Waals surface area contributed by atoms with Gasteiger partial charge in [0.15, 0.2) is 0 Å². The molecule has 0 unspecified atom stereocenters. The van der Waals surface area contributed by atoms with Crippen molar-refractivity contribution in [1.82, 2.24) is 4.98 Å². The predicted octanol–water partition coefficient (Wildman–Crippen LogP) is 4.90. The van der Waals surface area contributed by atoms with Gasteiger partial charge in [0.05, 0.1) is 0 Å². The summed E-state index contributed by atoms with van der Waals surface area (Å²) in [4.78, 5) is 3.62. The zero-order valence-electron chi connectivity index (χ0n) is 13.1. The van der Waals surface area contributed by atoms with Crippen LogP contribution in [0.1, 0.15) is 56.6 Å². The van der Waals surface area contributed by atoms with Crippen LogP contribution in [-0.2, 0) is 19.3 Å². The third-order valence-electron chi connectivity index (χ3n) is 4.26. The fourth-order valence-electron chi connectivity index (χ4n) is 3.08. The number of aromatic nitrogens is 1. The first-order chi connectivity index (χ1) is 8.93. The number of aryl methyl sites for hydroxylation is 2. The number of fused-ring (bicyclic) bond motifs is 1. The Morgan fingerprint density at radius 2 is 2.11 bits per heavy atom. The quantitative estimate of drug-likeness (QED) is 0.741. The molecule has 1 N–H and O–H groups in total. The summed E-state index contributed by atoms with van der Waals surface area (Å²) in [6.07, 6.45) is 11.3. The molecule has 0 fully saturated rings. The lowest BCUT2D eigenvalue weighted by atomic mass is 9.75. The first kappa shape index (κ1) is 14.2. The number of hydrogen-bond acceptors (Lipinski definition) is 0. The number of allylic oxidation sites excluding steroid dienone is 4. The molecule has 19 heavy (non-hydrogen) atoms. The number of nitrogens with one attached hydrogen (secondary N) is 1. The van der Waals surface area contributed by atoms with Crippen molar-refractivity contribution < 1.29 is 0 Å². The van der Waals surface area contributed by atoms with Gasteiger partial charge in [0.2, 0.25) is 0 Å². The highest BCUT2D eigenvalue weighted by Crippen LogP contribution is 2.37. The Morgan fingerprint density at radius 1 is 1.37 bits per heavy atom. The molecule has 0 aromatic carbocycles. The number of hydrogen-bond donors (Lipinski definition) is 1. The van der Waals surface area contributed by atoms with Crippen molar-refractivity contribution in [1.29, 1.82) is 0 Å². The van der Waals surface area contributed by atoms with Gasteiger partial charge in [0.1, 0.15) is 0 Å². The molecule has 0 bridgehead atoms. The third-order valence-corrected chi connectivity index (χ3v) is 4.26. The number of H-pyrrole nitrogens is 1. The Balaban J connectivity index is 2.29. The van der Waals surface area contributed by atoms with Gasteiger partial charge in [-0.1, -0.05) is 37.6 Å². The Bertz CT molecular complexity index is 512. The Hall–Kier alpha value is -1.24. The summed E-state index contributed by atoms with van der Waals surface area (Å²) < 4.78 is 0. The summed E-state index contributed by atoms with van der Waals surface area (Å²) in [5.74, 6) is 0. The van der Waals surface area contributed by atoms with Gasteiger partial charge in [-0.2, -0.15) is 0 Å². The molecule has 0 radical (unpaired) electrons. The van der Waals surface area contributed by atoms with E-state index < -0.39 is 0 Å². The lowest BCUT2D eigenvalue weighted by molar-refractivity contribution is 0.313. The monoisotopic (exact) mass is 257 g/mol. The second-order valence-corrected chi connectivity index (χ2v) is 6.74. The second-order valence-electron chi connectivity index (χ2n) is 6.74. The molecule has 1 heteroatoms. The molecule has 0 amide bonds. The van der Waals surface area contributed by atoms with Gasteiger partial charge in [-0.05, 0) is 63.0 Å². The molecule has 1 nitrogen and oxygen atoms in total. The van der Waals surface area contributed by atoms with E-state index in [0.717, 1.165) is 6.42 Å². The summed E-state index contributed by atoms with van der Waals surface area (Å²) in [5, 5.41) is 0. The van der Waals surface area contributed by atoms with Crippen molar-refractivity contribution in [2.24, 2.45) is 5.41 Å². The van der Waals surface area contributed by atoms with Crippen LogP contribution in [0.25, 0.3) is 0 Å². The van der Waals surface area contributed by atoms with Crippen LogP contribution in [0.15, 0.2) is 23.8 Å². The van der Waals surface area contributed by atoms with Gasteiger partial charge in [-0.15, -0.1) is 0 Å². The second kappa shape index (κ2) is 5.40. The molecule has 1 aromatic rings. The molecular weight excluding hydrogens is 230 g/mol. The molecule has 2 rings (SSSR count). The van der Waals surface area contributed by atoms with Gasteiger partial charge < -0.3 is 4.98 Å². The summed E-state index contributed by atoms with van der Waals surface area (Å²) in [6.45, 7) is 11.3. The van der Waals surface area contributed by atoms with Crippen molar-refractivity contribution in [2.45, 2.75) is 60.3 Å². The van der Waals surface area contributed by atoms with Gasteiger partial charge in [-0.25, -0.2) is 0 Å². The van der Waals surface area contributed by atoms with Gasteiger partial charge >= 0.3 is 0 Å². The topological polar surface area (TPSA) is 15.8 Å². The summed E-state index contributed by atoms with van der Waals surface area (Å²) in [6, 6.07) is 0. The molecule has 0 atom stereocenters. The van der Waals surface area contributed by atoms with Crippen LogP contribution < -0.4 is 0 Å². The van der Waals surface area contributed by atoms with E-state index in [0.29, 0.717) is 5.41 Å². The smallest absolute Gasteiger partial charge is 0.0185 e. The SMILES string of the molecule is C/C=C\C=C(/C)Cc1c(C)[nH]c2c1CC(C)(C)CC2. The molecule has 1 aliphatic carbocycles. The molecular formula is C18H27N. The van der Waals surface area contributed by atoms with Crippen molar-refractivity contribution in [2.75, 3.05) is 0 Å². The lowest BCUT2D eigenvalue weighted by Crippen LogP contribution is -2.22. The zero-order chi connectivity index (χ0) is 14.0. The van der Waals surface area contributed by atoms with E-state index in [1.54, 1.807) is 11.1 Å². The Labute approximate surface area is 117 Å². The molecule has 104 valence electrons. The van der Waals surface area contributed by atoms with Gasteiger partial charge in [-0.3, -0.25) is 0 Å². The highest BCUT2D eigenvalue weighted by Gasteiger charge is 2.28. The van der Waals surface area contributed by atoms with E-state index >= 15 is 0 Å². The maximum Gasteiger partial charge on any atom is 0.0185 e. The number of rotatable bonds is 3. The van der Waals surface area contributed by atoms with Crippen molar-refractivity contribution in [3.63, 3.8) is 0 Å². The van der Waals surface area contributed by atoms with E-state index in [1.807, 2.05) is 0 Å². The molecule has 1 aromatic heterocycles. The fourth-order valence-corrected chi connectivity index (χ4v) is 3.08. The largest absolute Gasteiger partial charge is 0.362 e. The van der Waals surface area contributed by atoms with E-state index in [1.165, 1.54) is 36.2 Å². The summed E-state index contributed by atoms with van der Waals surface area (Å²) in [5.41, 5.74) is 7.90. The average Bonchev–Trinajstić information content (AvgIpc) is 2.62. The van der Waals surface area contributed by atoms with Crippen LogP contribution in [0.3, 0.4) is 0 Å². The highest BCUT2D eigenvalue weighted by atomic mass is 14.7. The maximum absolute atomic E-state index is 3.62. The highest BCUT2D eigenvalue weighted by molar-refractivity contribution is 5.41. The van der Waals surface area contributed by atoms with Gasteiger partial charge in [0.25, 0.3) is 0 Å². The molecule has 1 aliphatic rings. The van der Waals surface area contributed by atoms with Crippen LogP contribution in [0, 0.1) is 12.3 Å². The first-order valence-corrected chi connectivity index (χ1v) is 7.40. The number of aromatic amines is 1. The van der Waals surface area contributed by atoms with Crippen molar-refractivity contribution >= 4 is 0 Å². The van der Waals surface area contributed by atoms with E-state index in [9.17, 15) is 0 Å². The van der Waals surface area contributed by atoms with Crippen LogP contribution in [0.2, 0.25) is 0 Å². The minimum Gasteiger partial charge on any atom is -0.362 e. The van der Waals surface area contributed by atoms with Crippen molar-refractivity contribution in [3.8, 4) is 0 Å². The molecule has 1 heterocycles. The predicted molar refractivity (Wildman–Crippen MR) is 83.6 cm³/mol. The van der Waals surface area contributed by atoms with Crippen LogP contribution in [0.4, 0.5) is 0 Å². The normalized spacial score (nSPS) is 18.9. The fraction of sp³-hybridized carbons (Fsp3) is 0.556. The minimum absolute atomic E-state index is 0.456.